The summed E-state index contributed by atoms with van der Waals surface area (Å²) in [7, 11) is 3.37. The quantitative estimate of drug-likeness (QED) is 0.782. The van der Waals surface area contributed by atoms with Crippen molar-refractivity contribution in [1.29, 1.82) is 0 Å². The number of hydrogen-bond acceptors (Lipinski definition) is 3. The summed E-state index contributed by atoms with van der Waals surface area (Å²) in [5, 5.41) is 10.9. The van der Waals surface area contributed by atoms with Gasteiger partial charge in [0.2, 0.25) is 11.8 Å². The van der Waals surface area contributed by atoms with Gasteiger partial charge in [0.25, 0.3) is 0 Å². The van der Waals surface area contributed by atoms with Gasteiger partial charge in [0.1, 0.15) is 0 Å². The number of carbonyl (C=O) groups is 3. The molecule has 106 valence electrons. The molecule has 6 nitrogen and oxygen atoms in total. The number of aliphatic carboxylic acids is 1. The molecule has 0 fully saturated rings. The normalized spacial score (nSPS) is 10.3. The molecule has 0 unspecified atom stereocenters. The van der Waals surface area contributed by atoms with Crippen molar-refractivity contribution in [3.63, 3.8) is 0 Å². The van der Waals surface area contributed by atoms with Crippen molar-refractivity contribution in [3.05, 3.63) is 42.0 Å². The van der Waals surface area contributed by atoms with Crippen molar-refractivity contribution in [2.75, 3.05) is 19.4 Å². The fraction of sp³-hybridized carbons (Fsp3) is 0.214. The van der Waals surface area contributed by atoms with Crippen LogP contribution in [0.3, 0.4) is 0 Å². The average Bonchev–Trinajstić information content (AvgIpc) is 2.38. The zero-order valence-corrected chi connectivity index (χ0v) is 11.3. The third kappa shape index (κ3) is 5.34. The molecule has 0 heterocycles. The van der Waals surface area contributed by atoms with Crippen LogP contribution in [-0.2, 0) is 20.8 Å². The van der Waals surface area contributed by atoms with E-state index in [1.165, 1.54) is 4.90 Å². The summed E-state index contributed by atoms with van der Waals surface area (Å²) in [6, 6.07) is 6.78. The molecular formula is C14H16N2O4. The number of carboxylic acid groups (broad SMARTS) is 1. The Morgan fingerprint density at radius 3 is 2.25 bits per heavy atom. The van der Waals surface area contributed by atoms with Crippen LogP contribution in [0.15, 0.2) is 36.4 Å². The van der Waals surface area contributed by atoms with Crippen LogP contribution in [0.25, 0.3) is 0 Å². The molecule has 0 radical (unpaired) electrons. The summed E-state index contributed by atoms with van der Waals surface area (Å²) in [4.78, 5) is 34.6. The summed E-state index contributed by atoms with van der Waals surface area (Å²) in [5.74, 6) is -1.71. The number of anilines is 1. The zero-order valence-electron chi connectivity index (χ0n) is 11.3. The molecule has 2 N–H and O–H groups in total. The van der Waals surface area contributed by atoms with Crippen LogP contribution in [0.4, 0.5) is 5.69 Å². The van der Waals surface area contributed by atoms with E-state index in [1.54, 1.807) is 38.4 Å². The summed E-state index contributed by atoms with van der Waals surface area (Å²) in [6.07, 6.45) is 1.99. The van der Waals surface area contributed by atoms with E-state index >= 15 is 0 Å². The second-order valence-electron chi connectivity index (χ2n) is 4.32. The molecule has 0 aliphatic carbocycles. The number of carboxylic acids is 1. The van der Waals surface area contributed by atoms with Gasteiger partial charge in [-0.3, -0.25) is 9.59 Å². The zero-order chi connectivity index (χ0) is 15.1. The smallest absolute Gasteiger partial charge is 0.328 e. The van der Waals surface area contributed by atoms with Crippen molar-refractivity contribution >= 4 is 23.5 Å². The van der Waals surface area contributed by atoms with Crippen LogP contribution < -0.4 is 5.32 Å². The molecule has 1 rings (SSSR count). The van der Waals surface area contributed by atoms with E-state index < -0.39 is 11.9 Å². The fourth-order valence-corrected chi connectivity index (χ4v) is 1.37. The van der Waals surface area contributed by atoms with Crippen LogP contribution >= 0.6 is 0 Å². The topological polar surface area (TPSA) is 86.7 Å². The van der Waals surface area contributed by atoms with Crippen molar-refractivity contribution in [2.24, 2.45) is 0 Å². The monoisotopic (exact) mass is 276 g/mol. The predicted molar refractivity (Wildman–Crippen MR) is 74.2 cm³/mol. The maximum atomic E-state index is 11.5. The van der Waals surface area contributed by atoms with Gasteiger partial charge in [0.15, 0.2) is 0 Å². The minimum Gasteiger partial charge on any atom is -0.478 e. The van der Waals surface area contributed by atoms with Gasteiger partial charge in [-0.25, -0.2) is 4.79 Å². The Labute approximate surface area is 116 Å². The van der Waals surface area contributed by atoms with Crippen molar-refractivity contribution < 1.29 is 19.5 Å². The number of rotatable bonds is 5. The number of carbonyl (C=O) groups excluding carboxylic acids is 2. The van der Waals surface area contributed by atoms with Gasteiger partial charge < -0.3 is 15.3 Å². The molecule has 1 aromatic rings. The molecular weight excluding hydrogens is 260 g/mol. The molecule has 0 aliphatic rings. The van der Waals surface area contributed by atoms with Crippen LogP contribution in [0.2, 0.25) is 0 Å². The molecule has 0 saturated heterocycles. The lowest BCUT2D eigenvalue weighted by atomic mass is 10.1. The van der Waals surface area contributed by atoms with Gasteiger partial charge in [0.05, 0.1) is 6.42 Å². The minimum absolute atomic E-state index is 0.00817. The van der Waals surface area contributed by atoms with E-state index in [9.17, 15) is 14.4 Å². The Kier molecular flexibility index (Phi) is 5.46. The first kappa shape index (κ1) is 15.4. The molecule has 0 spiro atoms. The number of nitrogens with one attached hydrogen (secondary N) is 1. The number of amides is 2. The number of likely N-dealkylation sites (N-methyl/N-ethyl adjacent to an activating group) is 1. The highest BCUT2D eigenvalue weighted by Crippen LogP contribution is 2.10. The van der Waals surface area contributed by atoms with Gasteiger partial charge >= 0.3 is 5.97 Å². The second-order valence-corrected chi connectivity index (χ2v) is 4.32. The highest BCUT2D eigenvalue weighted by atomic mass is 16.4. The summed E-state index contributed by atoms with van der Waals surface area (Å²) in [5.41, 5.74) is 1.37. The maximum absolute atomic E-state index is 11.5. The molecule has 0 aliphatic heterocycles. The van der Waals surface area contributed by atoms with Crippen molar-refractivity contribution in [3.8, 4) is 0 Å². The van der Waals surface area contributed by atoms with Gasteiger partial charge in [-0.1, -0.05) is 12.1 Å². The van der Waals surface area contributed by atoms with E-state index in [-0.39, 0.29) is 5.91 Å². The molecule has 1 aromatic carbocycles. The van der Waals surface area contributed by atoms with E-state index in [1.807, 2.05) is 0 Å². The highest BCUT2D eigenvalue weighted by Gasteiger charge is 2.05. The van der Waals surface area contributed by atoms with E-state index in [0.717, 1.165) is 17.7 Å². The van der Waals surface area contributed by atoms with Gasteiger partial charge in [-0.2, -0.15) is 0 Å². The largest absolute Gasteiger partial charge is 0.478 e. The summed E-state index contributed by atoms with van der Waals surface area (Å²) < 4.78 is 0. The lowest BCUT2D eigenvalue weighted by Crippen LogP contribution is -2.23. The van der Waals surface area contributed by atoms with Gasteiger partial charge in [-0.15, -0.1) is 0 Å². The van der Waals surface area contributed by atoms with Gasteiger partial charge in [-0.05, 0) is 17.7 Å². The average molecular weight is 276 g/mol. The van der Waals surface area contributed by atoms with Crippen molar-refractivity contribution in [1.82, 2.24) is 4.90 Å². The van der Waals surface area contributed by atoms with Crippen LogP contribution in [-0.4, -0.2) is 41.9 Å². The molecule has 0 bridgehead atoms. The van der Waals surface area contributed by atoms with E-state index in [0.29, 0.717) is 12.1 Å². The number of benzene rings is 1. The highest BCUT2D eigenvalue weighted by molar-refractivity contribution is 6.02. The molecule has 2 amide bonds. The third-order valence-electron chi connectivity index (χ3n) is 2.45. The molecule has 0 atom stereocenters. The summed E-state index contributed by atoms with van der Waals surface area (Å²) in [6.45, 7) is 0. The first-order valence-electron chi connectivity index (χ1n) is 5.89. The van der Waals surface area contributed by atoms with Gasteiger partial charge in [0, 0.05) is 31.9 Å². The number of nitrogens with zero attached hydrogens (tertiary/aromatic N) is 1. The van der Waals surface area contributed by atoms with Crippen LogP contribution in [0.1, 0.15) is 5.56 Å². The maximum Gasteiger partial charge on any atom is 0.328 e. The Balaban J connectivity index is 2.61. The Bertz CT molecular complexity index is 533. The van der Waals surface area contributed by atoms with Crippen molar-refractivity contribution in [2.45, 2.75) is 6.42 Å². The Morgan fingerprint density at radius 1 is 1.15 bits per heavy atom. The first-order chi connectivity index (χ1) is 9.38. The SMILES string of the molecule is CN(C)C(=O)Cc1ccc(NC(=O)/C=C/C(=O)O)cc1. The third-order valence-corrected chi connectivity index (χ3v) is 2.45. The standard InChI is InChI=1S/C14H16N2O4/c1-16(2)13(18)9-10-3-5-11(6-4-10)15-12(17)7-8-14(19)20/h3-8H,9H2,1-2H3,(H,15,17)(H,19,20)/b8-7+. The van der Waals surface area contributed by atoms with E-state index in [2.05, 4.69) is 5.32 Å². The van der Waals surface area contributed by atoms with E-state index in [4.69, 9.17) is 5.11 Å². The lowest BCUT2D eigenvalue weighted by Gasteiger charge is -2.10. The first-order valence-corrected chi connectivity index (χ1v) is 5.89. The molecule has 6 heteroatoms. The molecule has 0 aromatic heterocycles. The Hall–Kier alpha value is -2.63. The lowest BCUT2D eigenvalue weighted by molar-refractivity contribution is -0.131. The fourth-order valence-electron chi connectivity index (χ4n) is 1.37. The molecule has 0 saturated carbocycles. The predicted octanol–water partition coefficient (Wildman–Crippen LogP) is 0.897. The molecule has 20 heavy (non-hydrogen) atoms. The van der Waals surface area contributed by atoms with Crippen LogP contribution in [0, 0.1) is 0 Å². The van der Waals surface area contributed by atoms with Crippen LogP contribution in [0.5, 0.6) is 0 Å². The summed E-state index contributed by atoms with van der Waals surface area (Å²) >= 11 is 0. The Morgan fingerprint density at radius 2 is 1.75 bits per heavy atom. The number of hydrogen-bond donors (Lipinski definition) is 2. The minimum atomic E-state index is -1.18. The second kappa shape index (κ2) is 7.08.